The number of carbonyl (C=O) groups is 3. The van der Waals surface area contributed by atoms with Gasteiger partial charge in [-0.05, 0) is 24.6 Å². The highest BCUT2D eigenvalue weighted by molar-refractivity contribution is 6.09. The van der Waals surface area contributed by atoms with Gasteiger partial charge in [-0.1, -0.05) is 48.6 Å². The van der Waals surface area contributed by atoms with Crippen molar-refractivity contribution in [2.24, 2.45) is 11.8 Å². The van der Waals surface area contributed by atoms with Crippen LogP contribution in [0.1, 0.15) is 24.1 Å². The Hall–Kier alpha value is -3.91. The highest BCUT2D eigenvalue weighted by Gasteiger charge is 2.68. The van der Waals surface area contributed by atoms with E-state index in [1.165, 1.54) is 12.0 Å². The zero-order chi connectivity index (χ0) is 24.7. The van der Waals surface area contributed by atoms with Gasteiger partial charge < -0.3 is 14.8 Å². The second-order valence-corrected chi connectivity index (χ2v) is 9.04. The first kappa shape index (κ1) is 22.9. The molecular weight excluding hydrogens is 446 g/mol. The molecule has 3 heterocycles. The van der Waals surface area contributed by atoms with Crippen LogP contribution in [-0.4, -0.2) is 52.0 Å². The van der Waals surface area contributed by atoms with Crippen LogP contribution in [0, 0.1) is 11.8 Å². The third-order valence-corrected chi connectivity index (χ3v) is 7.27. The second-order valence-electron chi connectivity index (χ2n) is 9.04. The van der Waals surface area contributed by atoms with Crippen LogP contribution in [-0.2, 0) is 20.8 Å². The van der Waals surface area contributed by atoms with Gasteiger partial charge in [0.15, 0.2) is 0 Å². The number of imide groups is 1. The van der Waals surface area contributed by atoms with Gasteiger partial charge in [0.1, 0.15) is 11.3 Å². The molecule has 0 bridgehead atoms. The molecule has 3 aromatic rings. The van der Waals surface area contributed by atoms with Crippen molar-refractivity contribution >= 4 is 28.7 Å². The number of allylic oxidation sites excluding steroid dienone is 1. The van der Waals surface area contributed by atoms with Gasteiger partial charge in [-0.3, -0.25) is 24.6 Å². The summed E-state index contributed by atoms with van der Waals surface area (Å²) in [5.41, 5.74) is 0.615. The van der Waals surface area contributed by atoms with Crippen molar-refractivity contribution in [3.05, 3.63) is 78.0 Å². The zero-order valence-corrected chi connectivity index (χ0v) is 19.5. The molecule has 0 saturated carbocycles. The number of nitrogens with one attached hydrogen (secondary N) is 2. The molecule has 8 heteroatoms. The fourth-order valence-electron chi connectivity index (χ4n) is 5.66. The first-order valence-electron chi connectivity index (χ1n) is 11.6. The van der Waals surface area contributed by atoms with Crippen molar-refractivity contribution in [2.75, 3.05) is 13.7 Å². The maximum absolute atomic E-state index is 13.7. The van der Waals surface area contributed by atoms with Crippen LogP contribution in [0.4, 0.5) is 0 Å². The molecule has 3 N–H and O–H groups in total. The van der Waals surface area contributed by atoms with Crippen LogP contribution in [0.2, 0.25) is 0 Å². The van der Waals surface area contributed by atoms with Crippen molar-refractivity contribution in [1.82, 2.24) is 15.2 Å². The van der Waals surface area contributed by atoms with Crippen LogP contribution in [0.5, 0.6) is 5.75 Å². The molecule has 4 atom stereocenters. The number of fused-ring (bicyclic) bond motifs is 2. The summed E-state index contributed by atoms with van der Waals surface area (Å²) in [6.07, 6.45) is 5.31. The average Bonchev–Trinajstić information content (AvgIpc) is 3.51. The van der Waals surface area contributed by atoms with Crippen LogP contribution >= 0.6 is 0 Å². The molecule has 2 aliphatic rings. The normalized spacial score (nSPS) is 26.1. The molecule has 2 fully saturated rings. The van der Waals surface area contributed by atoms with E-state index in [1.807, 2.05) is 49.4 Å². The maximum atomic E-state index is 13.7. The summed E-state index contributed by atoms with van der Waals surface area (Å²) in [6.45, 7) is 1.92. The fourth-order valence-corrected chi connectivity index (χ4v) is 5.66. The number of ether oxygens (including phenoxy) is 1. The lowest BCUT2D eigenvalue weighted by Gasteiger charge is -2.31. The SMILES string of the molecule is C/C=C/CN1C(=O)C2C(c3ccccc3OC)NC(Cc3c[nH]c4ccccc34)(C(=O)O)C2C1=O. The summed E-state index contributed by atoms with van der Waals surface area (Å²) >= 11 is 0. The number of aliphatic carboxylic acids is 1. The van der Waals surface area contributed by atoms with Crippen LogP contribution in [0.25, 0.3) is 10.9 Å². The van der Waals surface area contributed by atoms with Crippen LogP contribution < -0.4 is 10.1 Å². The number of carboxylic acid groups (broad SMARTS) is 1. The minimum Gasteiger partial charge on any atom is -0.496 e. The molecular formula is C27H27N3O5. The molecule has 35 heavy (non-hydrogen) atoms. The molecule has 0 spiro atoms. The highest BCUT2D eigenvalue weighted by Crippen LogP contribution is 2.51. The van der Waals surface area contributed by atoms with Gasteiger partial charge in [0.2, 0.25) is 11.8 Å². The van der Waals surface area contributed by atoms with Crippen molar-refractivity contribution in [1.29, 1.82) is 0 Å². The largest absolute Gasteiger partial charge is 0.496 e. The van der Waals surface area contributed by atoms with E-state index in [1.54, 1.807) is 24.4 Å². The first-order valence-corrected chi connectivity index (χ1v) is 11.6. The molecule has 2 saturated heterocycles. The standard InChI is InChI=1S/C27H27N3O5/c1-3-4-13-30-24(31)21-22(25(30)32)27(26(33)34,14-16-15-28-19-11-7-5-9-17(16)19)29-23(21)18-10-6-8-12-20(18)35-2/h3-12,15,21-23,28-29H,13-14H2,1-2H3,(H,33,34)/b4-3+. The Morgan fingerprint density at radius 3 is 2.63 bits per heavy atom. The summed E-state index contributed by atoms with van der Waals surface area (Å²) in [6, 6.07) is 14.1. The van der Waals surface area contributed by atoms with E-state index >= 15 is 0 Å². The lowest BCUT2D eigenvalue weighted by Crippen LogP contribution is -2.57. The van der Waals surface area contributed by atoms with Gasteiger partial charge in [0.05, 0.1) is 18.9 Å². The molecule has 2 aliphatic heterocycles. The Morgan fingerprint density at radius 2 is 1.89 bits per heavy atom. The molecule has 2 aromatic carbocycles. The highest BCUT2D eigenvalue weighted by atomic mass is 16.5. The molecule has 2 amide bonds. The lowest BCUT2D eigenvalue weighted by atomic mass is 9.76. The van der Waals surface area contributed by atoms with E-state index < -0.39 is 35.3 Å². The monoisotopic (exact) mass is 473 g/mol. The number of para-hydroxylation sites is 2. The average molecular weight is 474 g/mol. The third kappa shape index (κ3) is 3.44. The number of rotatable bonds is 7. The predicted octanol–water partition coefficient (Wildman–Crippen LogP) is 3.06. The summed E-state index contributed by atoms with van der Waals surface area (Å²) in [5.74, 6) is -3.41. The van der Waals surface area contributed by atoms with Gasteiger partial charge in [0.25, 0.3) is 0 Å². The van der Waals surface area contributed by atoms with Crippen molar-refractivity contribution < 1.29 is 24.2 Å². The van der Waals surface area contributed by atoms with Gasteiger partial charge in [-0.25, -0.2) is 0 Å². The molecule has 1 aromatic heterocycles. The lowest BCUT2D eigenvalue weighted by molar-refractivity contribution is -0.151. The summed E-state index contributed by atoms with van der Waals surface area (Å²) in [5, 5.41) is 14.8. The van der Waals surface area contributed by atoms with E-state index in [9.17, 15) is 19.5 Å². The van der Waals surface area contributed by atoms with E-state index in [0.29, 0.717) is 11.3 Å². The molecule has 5 rings (SSSR count). The number of amides is 2. The van der Waals surface area contributed by atoms with E-state index in [4.69, 9.17) is 4.74 Å². The number of aromatic amines is 1. The molecule has 0 radical (unpaired) electrons. The smallest absolute Gasteiger partial charge is 0.325 e. The summed E-state index contributed by atoms with van der Waals surface area (Å²) in [4.78, 5) is 44.7. The van der Waals surface area contributed by atoms with Crippen LogP contribution in [0.3, 0.4) is 0 Å². The Kier molecular flexibility index (Phi) is 5.68. The van der Waals surface area contributed by atoms with Crippen molar-refractivity contribution in [2.45, 2.75) is 24.9 Å². The topological polar surface area (TPSA) is 112 Å². The second kappa shape index (κ2) is 8.70. The predicted molar refractivity (Wildman–Crippen MR) is 130 cm³/mol. The van der Waals surface area contributed by atoms with Gasteiger partial charge in [-0.2, -0.15) is 0 Å². The van der Waals surface area contributed by atoms with E-state index in [-0.39, 0.29) is 18.9 Å². The Labute approximate surface area is 202 Å². The fraction of sp³-hybridized carbons (Fsp3) is 0.296. The molecule has 0 aliphatic carbocycles. The zero-order valence-electron chi connectivity index (χ0n) is 19.5. The van der Waals surface area contributed by atoms with Crippen molar-refractivity contribution in [3.63, 3.8) is 0 Å². The third-order valence-electron chi connectivity index (χ3n) is 7.27. The number of carbonyl (C=O) groups excluding carboxylic acids is 2. The minimum absolute atomic E-state index is 0.0373. The molecule has 180 valence electrons. The number of H-pyrrole nitrogens is 1. The van der Waals surface area contributed by atoms with Crippen molar-refractivity contribution in [3.8, 4) is 5.75 Å². The molecule has 8 nitrogen and oxygen atoms in total. The number of nitrogens with zero attached hydrogens (tertiary/aromatic N) is 1. The molecule has 4 unspecified atom stereocenters. The number of hydrogen-bond acceptors (Lipinski definition) is 5. The van der Waals surface area contributed by atoms with E-state index in [0.717, 1.165) is 16.5 Å². The maximum Gasteiger partial charge on any atom is 0.325 e. The Balaban J connectivity index is 1.67. The Bertz CT molecular complexity index is 1350. The number of carboxylic acids is 1. The number of methoxy groups -OCH3 is 1. The quantitative estimate of drug-likeness (QED) is 0.359. The van der Waals surface area contributed by atoms with Gasteiger partial charge in [0, 0.05) is 41.7 Å². The summed E-state index contributed by atoms with van der Waals surface area (Å²) in [7, 11) is 1.53. The number of likely N-dealkylation sites (tertiary alicyclic amines) is 1. The van der Waals surface area contributed by atoms with Gasteiger partial charge >= 0.3 is 5.97 Å². The number of aromatic nitrogens is 1. The number of hydrogen-bond donors (Lipinski definition) is 3. The number of benzene rings is 2. The summed E-state index contributed by atoms with van der Waals surface area (Å²) < 4.78 is 5.54. The Morgan fingerprint density at radius 1 is 1.14 bits per heavy atom. The minimum atomic E-state index is -1.68. The van der Waals surface area contributed by atoms with E-state index in [2.05, 4.69) is 10.3 Å². The van der Waals surface area contributed by atoms with Crippen LogP contribution in [0.15, 0.2) is 66.9 Å². The first-order chi connectivity index (χ1) is 16.9. The van der Waals surface area contributed by atoms with Gasteiger partial charge in [-0.15, -0.1) is 0 Å².